The highest BCUT2D eigenvalue weighted by atomic mass is 35.5. The number of aromatic nitrogens is 2. The molecular weight excluding hydrogens is 333 g/mol. The van der Waals surface area contributed by atoms with Crippen molar-refractivity contribution in [3.63, 3.8) is 0 Å². The largest absolute Gasteiger partial charge is 0.275 e. The van der Waals surface area contributed by atoms with Crippen LogP contribution in [0.15, 0.2) is 40.4 Å². The van der Waals surface area contributed by atoms with Gasteiger partial charge >= 0.3 is 0 Å². The van der Waals surface area contributed by atoms with Gasteiger partial charge in [0.15, 0.2) is 0 Å². The molecule has 0 aliphatic heterocycles. The van der Waals surface area contributed by atoms with Crippen LogP contribution in [0.3, 0.4) is 0 Å². The van der Waals surface area contributed by atoms with Crippen molar-refractivity contribution >= 4 is 39.1 Å². The van der Waals surface area contributed by atoms with E-state index in [4.69, 9.17) is 28.5 Å². The van der Waals surface area contributed by atoms with Crippen LogP contribution < -0.4 is 0 Å². The highest BCUT2D eigenvalue weighted by molar-refractivity contribution is 7.95. The summed E-state index contributed by atoms with van der Waals surface area (Å²) in [7, 11) is -2.36. The van der Waals surface area contributed by atoms with Crippen molar-refractivity contribution in [2.45, 2.75) is 4.90 Å². The molecule has 0 bridgehead atoms. The molecule has 0 saturated heterocycles. The van der Waals surface area contributed by atoms with Crippen molar-refractivity contribution in [3.05, 3.63) is 51.1 Å². The molecule has 0 atom stereocenters. The molecule has 2 aromatic rings. The van der Waals surface area contributed by atoms with Gasteiger partial charge in [0.25, 0.3) is 0 Å². The van der Waals surface area contributed by atoms with Gasteiger partial charge in [-0.3, -0.25) is 4.68 Å². The van der Waals surface area contributed by atoms with Crippen molar-refractivity contribution in [3.8, 4) is 6.07 Å². The van der Waals surface area contributed by atoms with Crippen molar-refractivity contribution in [1.29, 1.82) is 5.26 Å². The van der Waals surface area contributed by atoms with E-state index in [-0.39, 0.29) is 14.9 Å². The molecule has 0 N–H and O–H groups in total. The van der Waals surface area contributed by atoms with Gasteiger partial charge in [0.05, 0.1) is 16.1 Å². The third kappa shape index (κ3) is 3.27. The molecule has 0 saturated carbocycles. The van der Waals surface area contributed by atoms with E-state index in [1.807, 2.05) is 0 Å². The van der Waals surface area contributed by atoms with Gasteiger partial charge in [0, 0.05) is 23.8 Å². The van der Waals surface area contributed by atoms with Crippen LogP contribution in [0.25, 0.3) is 6.08 Å². The number of rotatable bonds is 3. The SMILES string of the molecule is Cn1cc(C=C(C#N)S(=O)(=O)c2cc(Cl)ccc2Cl)cn1. The van der Waals surface area contributed by atoms with E-state index in [1.165, 1.54) is 35.2 Å². The first-order valence-electron chi connectivity index (χ1n) is 5.65. The second kappa shape index (κ2) is 5.90. The highest BCUT2D eigenvalue weighted by Gasteiger charge is 2.24. The van der Waals surface area contributed by atoms with Gasteiger partial charge < -0.3 is 0 Å². The molecular formula is C13H9Cl2N3O2S. The Morgan fingerprint density at radius 1 is 1.43 bits per heavy atom. The summed E-state index contributed by atoms with van der Waals surface area (Å²) in [6.07, 6.45) is 4.28. The normalized spacial score (nSPS) is 12.2. The standard InChI is InChI=1S/C13H9Cl2N3O2S/c1-18-8-9(7-17-18)4-11(6-16)21(19,20)13-5-10(14)2-3-12(13)15/h2-5,7-8H,1H3. The van der Waals surface area contributed by atoms with Crippen LogP contribution in [0.1, 0.15) is 5.56 Å². The summed E-state index contributed by atoms with van der Waals surface area (Å²) >= 11 is 11.7. The summed E-state index contributed by atoms with van der Waals surface area (Å²) in [4.78, 5) is -0.631. The van der Waals surface area contributed by atoms with Crippen LogP contribution in [0.2, 0.25) is 10.0 Å². The molecule has 1 aromatic carbocycles. The summed E-state index contributed by atoms with van der Waals surface area (Å²) in [5, 5.41) is 13.3. The maximum atomic E-state index is 12.5. The molecule has 2 rings (SSSR count). The topological polar surface area (TPSA) is 75.8 Å². The summed E-state index contributed by atoms with van der Waals surface area (Å²) < 4.78 is 26.5. The van der Waals surface area contributed by atoms with Crippen molar-refractivity contribution in [2.24, 2.45) is 7.05 Å². The van der Waals surface area contributed by atoms with E-state index in [2.05, 4.69) is 5.10 Å². The van der Waals surface area contributed by atoms with Crippen molar-refractivity contribution in [2.75, 3.05) is 0 Å². The van der Waals surface area contributed by atoms with Crippen molar-refractivity contribution in [1.82, 2.24) is 9.78 Å². The molecule has 0 spiro atoms. The lowest BCUT2D eigenvalue weighted by Crippen LogP contribution is -2.04. The first kappa shape index (κ1) is 15.6. The lowest BCUT2D eigenvalue weighted by molar-refractivity contribution is 0.603. The van der Waals surface area contributed by atoms with Gasteiger partial charge in [0.2, 0.25) is 9.84 Å². The Bertz CT molecular complexity index is 864. The molecule has 1 aromatic heterocycles. The molecule has 0 aliphatic carbocycles. The summed E-state index contributed by atoms with van der Waals surface area (Å²) in [5.74, 6) is 0. The van der Waals surface area contributed by atoms with E-state index in [0.717, 1.165) is 0 Å². The average Bonchev–Trinajstić information content (AvgIpc) is 2.84. The number of allylic oxidation sites excluding steroid dienone is 1. The van der Waals surface area contributed by atoms with Gasteiger partial charge in [-0.1, -0.05) is 23.2 Å². The predicted molar refractivity (Wildman–Crippen MR) is 80.4 cm³/mol. The maximum absolute atomic E-state index is 12.5. The van der Waals surface area contributed by atoms with Crippen LogP contribution in [0, 0.1) is 11.3 Å². The minimum Gasteiger partial charge on any atom is -0.275 e. The molecule has 0 fully saturated rings. The van der Waals surface area contributed by atoms with Gasteiger partial charge in [-0.05, 0) is 24.3 Å². The van der Waals surface area contributed by atoms with Crippen LogP contribution in [0.5, 0.6) is 0 Å². The van der Waals surface area contributed by atoms with Crippen LogP contribution in [-0.2, 0) is 16.9 Å². The lowest BCUT2D eigenvalue weighted by atomic mass is 10.3. The molecule has 1 heterocycles. The molecule has 108 valence electrons. The van der Waals surface area contributed by atoms with Gasteiger partial charge in [-0.25, -0.2) is 8.42 Å². The quantitative estimate of drug-likeness (QED) is 0.804. The predicted octanol–water partition coefficient (Wildman–Crippen LogP) is 3.07. The Morgan fingerprint density at radius 2 is 2.14 bits per heavy atom. The second-order valence-corrected chi connectivity index (χ2v) is 6.88. The summed E-state index contributed by atoms with van der Waals surface area (Å²) in [5.41, 5.74) is 0.496. The molecule has 0 unspecified atom stereocenters. The zero-order valence-corrected chi connectivity index (χ0v) is 13.1. The smallest absolute Gasteiger partial charge is 0.218 e. The van der Waals surface area contributed by atoms with Crippen LogP contribution in [0.4, 0.5) is 0 Å². The Hall–Kier alpha value is -1.81. The number of halogens is 2. The van der Waals surface area contributed by atoms with E-state index in [0.29, 0.717) is 5.56 Å². The summed E-state index contributed by atoms with van der Waals surface area (Å²) in [6.45, 7) is 0. The average molecular weight is 342 g/mol. The fourth-order valence-corrected chi connectivity index (χ4v) is 3.55. The maximum Gasteiger partial charge on any atom is 0.218 e. The molecule has 0 radical (unpaired) electrons. The Kier molecular flexibility index (Phi) is 4.37. The highest BCUT2D eigenvalue weighted by Crippen LogP contribution is 2.30. The number of aryl methyl sites for hydroxylation is 1. The van der Waals surface area contributed by atoms with Crippen molar-refractivity contribution < 1.29 is 8.42 Å². The lowest BCUT2D eigenvalue weighted by Gasteiger charge is -2.05. The zero-order valence-electron chi connectivity index (χ0n) is 10.8. The minimum atomic E-state index is -4.05. The number of nitrogens with zero attached hydrogens (tertiary/aromatic N) is 3. The number of nitriles is 1. The fraction of sp³-hybridized carbons (Fsp3) is 0.0769. The van der Waals surface area contributed by atoms with E-state index in [9.17, 15) is 8.42 Å². The first-order valence-corrected chi connectivity index (χ1v) is 7.89. The minimum absolute atomic E-state index is 0.00624. The number of hydrogen-bond acceptors (Lipinski definition) is 4. The molecule has 8 heteroatoms. The molecule has 0 aliphatic rings. The second-order valence-electron chi connectivity index (χ2n) is 4.15. The first-order chi connectivity index (χ1) is 9.84. The van der Waals surface area contributed by atoms with Crippen LogP contribution >= 0.6 is 23.2 Å². The van der Waals surface area contributed by atoms with E-state index < -0.39 is 14.7 Å². The Labute approximate surface area is 131 Å². The summed E-state index contributed by atoms with van der Waals surface area (Å²) in [6, 6.07) is 5.74. The third-order valence-corrected chi connectivity index (χ3v) is 4.99. The van der Waals surface area contributed by atoms with Gasteiger partial charge in [0.1, 0.15) is 11.0 Å². The Morgan fingerprint density at radius 3 is 2.71 bits per heavy atom. The zero-order chi connectivity index (χ0) is 15.6. The van der Waals surface area contributed by atoms with Gasteiger partial charge in [-0.15, -0.1) is 0 Å². The monoisotopic (exact) mass is 341 g/mol. The molecule has 0 amide bonds. The number of sulfone groups is 1. The number of benzene rings is 1. The fourth-order valence-electron chi connectivity index (χ4n) is 1.64. The molecule has 5 nitrogen and oxygen atoms in total. The van der Waals surface area contributed by atoms with Crippen LogP contribution in [-0.4, -0.2) is 18.2 Å². The Balaban J connectivity index is 2.58. The van der Waals surface area contributed by atoms with Gasteiger partial charge in [-0.2, -0.15) is 10.4 Å². The molecule has 21 heavy (non-hydrogen) atoms. The van der Waals surface area contributed by atoms with E-state index in [1.54, 1.807) is 19.3 Å². The van der Waals surface area contributed by atoms with E-state index >= 15 is 0 Å². The number of hydrogen-bond donors (Lipinski definition) is 0. The third-order valence-electron chi connectivity index (χ3n) is 2.61.